The van der Waals surface area contributed by atoms with Gasteiger partial charge in [0.2, 0.25) is 17.7 Å². The van der Waals surface area contributed by atoms with Crippen LogP contribution < -0.4 is 10.6 Å². The van der Waals surface area contributed by atoms with Crippen LogP contribution in [0.25, 0.3) is 0 Å². The fourth-order valence-electron chi connectivity index (χ4n) is 5.94. The second kappa shape index (κ2) is 8.04. The summed E-state index contributed by atoms with van der Waals surface area (Å²) in [6.07, 6.45) is 9.05. The molecule has 4 aliphatic rings. The molecule has 3 amide bonds. The molecule has 4 rings (SSSR count). The Hall–Kier alpha value is -2.38. The smallest absolute Gasteiger partial charge is 0.233 e. The van der Waals surface area contributed by atoms with Gasteiger partial charge in [0.1, 0.15) is 0 Å². The first-order chi connectivity index (χ1) is 14.4. The number of fused-ring (bicyclic) bond motifs is 5. The number of allylic oxidation sites excluding steroid dienone is 2. The SMILES string of the molecule is CN=C(NCCN1C(=O)C2C3C=CC(C3)C2C1=O)NCC1(C(=O)N(C)C)CCCC1. The van der Waals surface area contributed by atoms with Crippen molar-refractivity contribution < 1.29 is 14.4 Å². The van der Waals surface area contributed by atoms with Gasteiger partial charge in [-0.05, 0) is 31.1 Å². The quantitative estimate of drug-likeness (QED) is 0.287. The molecule has 0 spiro atoms. The van der Waals surface area contributed by atoms with Crippen LogP contribution in [-0.2, 0) is 14.4 Å². The van der Waals surface area contributed by atoms with Crippen LogP contribution in [0.4, 0.5) is 0 Å². The van der Waals surface area contributed by atoms with E-state index in [-0.39, 0.29) is 46.8 Å². The van der Waals surface area contributed by atoms with Gasteiger partial charge < -0.3 is 15.5 Å². The minimum atomic E-state index is -0.383. The predicted octanol–water partition coefficient (Wildman–Crippen LogP) is 0.607. The van der Waals surface area contributed by atoms with E-state index in [1.54, 1.807) is 26.0 Å². The molecule has 2 N–H and O–H groups in total. The number of nitrogens with zero attached hydrogens (tertiary/aromatic N) is 3. The number of likely N-dealkylation sites (tertiary alicyclic amines) is 1. The van der Waals surface area contributed by atoms with E-state index in [1.807, 2.05) is 0 Å². The molecule has 8 nitrogen and oxygen atoms in total. The van der Waals surface area contributed by atoms with Crippen molar-refractivity contribution >= 4 is 23.7 Å². The van der Waals surface area contributed by atoms with Crippen LogP contribution in [0.2, 0.25) is 0 Å². The monoisotopic (exact) mass is 415 g/mol. The summed E-state index contributed by atoms with van der Waals surface area (Å²) < 4.78 is 0. The minimum absolute atomic E-state index is 0.0203. The van der Waals surface area contributed by atoms with Crippen LogP contribution in [0, 0.1) is 29.1 Å². The lowest BCUT2D eigenvalue weighted by molar-refractivity contribution is -0.141. The molecule has 4 unspecified atom stereocenters. The number of amides is 3. The van der Waals surface area contributed by atoms with E-state index in [9.17, 15) is 14.4 Å². The summed E-state index contributed by atoms with van der Waals surface area (Å²) in [4.78, 5) is 45.6. The van der Waals surface area contributed by atoms with Gasteiger partial charge in [-0.3, -0.25) is 24.3 Å². The molecule has 4 atom stereocenters. The molecule has 3 fully saturated rings. The molecule has 0 aromatic rings. The normalized spacial score (nSPS) is 31.4. The van der Waals surface area contributed by atoms with Gasteiger partial charge in [-0.15, -0.1) is 0 Å². The van der Waals surface area contributed by atoms with E-state index in [1.165, 1.54) is 4.90 Å². The number of imide groups is 1. The first-order valence-electron chi connectivity index (χ1n) is 11.1. The number of carbonyl (C=O) groups is 3. The highest BCUT2D eigenvalue weighted by atomic mass is 16.2. The Bertz CT molecular complexity index is 754. The summed E-state index contributed by atoms with van der Waals surface area (Å²) in [6, 6.07) is 0. The third kappa shape index (κ3) is 3.40. The molecule has 0 aromatic heterocycles. The topological polar surface area (TPSA) is 94.1 Å². The summed E-state index contributed by atoms with van der Waals surface area (Å²) in [5, 5.41) is 6.50. The lowest BCUT2D eigenvalue weighted by Crippen LogP contribution is -2.50. The Morgan fingerprint density at radius 2 is 1.73 bits per heavy atom. The molecule has 0 radical (unpaired) electrons. The van der Waals surface area contributed by atoms with Crippen molar-refractivity contribution in [3.05, 3.63) is 12.2 Å². The minimum Gasteiger partial charge on any atom is -0.355 e. The third-order valence-electron chi connectivity index (χ3n) is 7.43. The molecule has 2 saturated carbocycles. The van der Waals surface area contributed by atoms with E-state index in [2.05, 4.69) is 27.8 Å². The Morgan fingerprint density at radius 3 is 2.27 bits per heavy atom. The average Bonchev–Trinajstić information content (AvgIpc) is 3.50. The summed E-state index contributed by atoms with van der Waals surface area (Å²) in [5.41, 5.74) is -0.383. The standard InChI is InChI=1S/C22H33N5O3/c1-23-21(25-13-22(8-4-5-9-22)20(30)26(2)3)24-10-11-27-18(28)16-14-6-7-15(12-14)17(16)19(27)29/h6-7,14-17H,4-5,8-13H2,1-3H3,(H2,23,24,25). The van der Waals surface area contributed by atoms with E-state index < -0.39 is 0 Å². The van der Waals surface area contributed by atoms with Crippen molar-refractivity contribution in [2.45, 2.75) is 32.1 Å². The molecule has 1 saturated heterocycles. The van der Waals surface area contributed by atoms with Crippen LogP contribution in [-0.4, -0.2) is 74.3 Å². The number of carbonyl (C=O) groups excluding carboxylic acids is 3. The van der Waals surface area contributed by atoms with Crippen LogP contribution in [0.1, 0.15) is 32.1 Å². The molecule has 164 valence electrons. The Balaban J connectivity index is 1.29. The number of hydrogen-bond acceptors (Lipinski definition) is 4. The predicted molar refractivity (Wildman–Crippen MR) is 113 cm³/mol. The largest absolute Gasteiger partial charge is 0.355 e. The van der Waals surface area contributed by atoms with Gasteiger partial charge in [-0.2, -0.15) is 0 Å². The molecule has 1 heterocycles. The Kier molecular flexibility index (Phi) is 5.59. The summed E-state index contributed by atoms with van der Waals surface area (Å²) >= 11 is 0. The Labute approximate surface area is 178 Å². The number of rotatable bonds is 6. The van der Waals surface area contributed by atoms with Crippen LogP contribution in [0.5, 0.6) is 0 Å². The molecular weight excluding hydrogens is 382 g/mol. The summed E-state index contributed by atoms with van der Waals surface area (Å²) in [5.74, 6) is 0.885. The number of hydrogen-bond donors (Lipinski definition) is 2. The van der Waals surface area contributed by atoms with E-state index in [0.717, 1.165) is 32.1 Å². The van der Waals surface area contributed by atoms with Crippen molar-refractivity contribution in [1.29, 1.82) is 0 Å². The second-order valence-corrected chi connectivity index (χ2v) is 9.37. The zero-order valence-corrected chi connectivity index (χ0v) is 18.2. The van der Waals surface area contributed by atoms with Gasteiger partial charge >= 0.3 is 0 Å². The highest BCUT2D eigenvalue weighted by molar-refractivity contribution is 6.06. The van der Waals surface area contributed by atoms with Gasteiger partial charge in [0, 0.05) is 40.8 Å². The van der Waals surface area contributed by atoms with Crippen molar-refractivity contribution in [1.82, 2.24) is 20.4 Å². The molecular formula is C22H33N5O3. The lowest BCUT2D eigenvalue weighted by atomic mass is 9.84. The zero-order chi connectivity index (χ0) is 21.5. The lowest BCUT2D eigenvalue weighted by Gasteiger charge is -2.31. The second-order valence-electron chi connectivity index (χ2n) is 9.37. The van der Waals surface area contributed by atoms with Gasteiger partial charge in [-0.25, -0.2) is 0 Å². The van der Waals surface area contributed by atoms with Crippen LogP contribution in [0.15, 0.2) is 17.1 Å². The van der Waals surface area contributed by atoms with E-state index in [4.69, 9.17) is 0 Å². The maximum Gasteiger partial charge on any atom is 0.233 e. The fraction of sp³-hybridized carbons (Fsp3) is 0.727. The van der Waals surface area contributed by atoms with Crippen molar-refractivity contribution in [3.8, 4) is 0 Å². The molecule has 3 aliphatic carbocycles. The molecule has 8 heteroatoms. The first kappa shape index (κ1) is 20.9. The molecule has 30 heavy (non-hydrogen) atoms. The van der Waals surface area contributed by atoms with Gasteiger partial charge in [0.25, 0.3) is 0 Å². The molecule has 2 bridgehead atoms. The molecule has 0 aromatic carbocycles. The maximum absolute atomic E-state index is 12.8. The van der Waals surface area contributed by atoms with Crippen molar-refractivity contribution in [2.75, 3.05) is 40.8 Å². The van der Waals surface area contributed by atoms with Crippen molar-refractivity contribution in [2.24, 2.45) is 34.1 Å². The van der Waals surface area contributed by atoms with E-state index in [0.29, 0.717) is 25.6 Å². The van der Waals surface area contributed by atoms with Crippen LogP contribution in [0.3, 0.4) is 0 Å². The highest BCUT2D eigenvalue weighted by Crippen LogP contribution is 2.52. The van der Waals surface area contributed by atoms with Crippen molar-refractivity contribution in [3.63, 3.8) is 0 Å². The summed E-state index contributed by atoms with van der Waals surface area (Å²) in [7, 11) is 5.29. The van der Waals surface area contributed by atoms with E-state index >= 15 is 0 Å². The zero-order valence-electron chi connectivity index (χ0n) is 18.2. The Morgan fingerprint density at radius 1 is 1.13 bits per heavy atom. The number of nitrogens with one attached hydrogen (secondary N) is 2. The van der Waals surface area contributed by atoms with Gasteiger partial charge in [0.15, 0.2) is 5.96 Å². The number of guanidine groups is 1. The molecule has 1 aliphatic heterocycles. The summed E-state index contributed by atoms with van der Waals surface area (Å²) in [6.45, 7) is 1.31. The highest BCUT2D eigenvalue weighted by Gasteiger charge is 2.58. The van der Waals surface area contributed by atoms with Crippen LogP contribution >= 0.6 is 0 Å². The number of aliphatic imine (C=N–C) groups is 1. The first-order valence-corrected chi connectivity index (χ1v) is 11.1. The van der Waals surface area contributed by atoms with Gasteiger partial charge in [-0.1, -0.05) is 25.0 Å². The maximum atomic E-state index is 12.8. The fourth-order valence-corrected chi connectivity index (χ4v) is 5.94. The third-order valence-corrected chi connectivity index (χ3v) is 7.43. The average molecular weight is 416 g/mol. The van der Waals surface area contributed by atoms with Gasteiger partial charge in [0.05, 0.1) is 17.3 Å².